The fraction of sp³-hybridized carbons (Fsp3) is 0.300. The lowest BCUT2D eigenvalue weighted by molar-refractivity contribution is -0.127. The zero-order valence-electron chi connectivity index (χ0n) is 16.5. The van der Waals surface area contributed by atoms with Crippen LogP contribution in [0, 0.1) is 5.92 Å². The second-order valence-electron chi connectivity index (χ2n) is 6.68. The van der Waals surface area contributed by atoms with Crippen LogP contribution in [0.1, 0.15) is 25.8 Å². The number of benzene rings is 1. The van der Waals surface area contributed by atoms with E-state index in [1.54, 1.807) is 0 Å². The Morgan fingerprint density at radius 3 is 2.65 bits per heavy atom. The first-order valence-electron chi connectivity index (χ1n) is 9.21. The van der Waals surface area contributed by atoms with Gasteiger partial charge in [-0.25, -0.2) is 13.8 Å². The average molecular weight is 438 g/mol. The molecule has 0 bridgehead atoms. The van der Waals surface area contributed by atoms with Gasteiger partial charge in [0.2, 0.25) is 5.91 Å². The normalized spacial score (nSPS) is 16.5. The van der Waals surface area contributed by atoms with Crippen molar-refractivity contribution >= 4 is 29.0 Å². The van der Waals surface area contributed by atoms with Gasteiger partial charge in [0.1, 0.15) is 5.75 Å². The molecule has 31 heavy (non-hydrogen) atoms. The summed E-state index contributed by atoms with van der Waals surface area (Å²) in [5.41, 5.74) is 0.0152. The smallest absolute Gasteiger partial charge is 0.387 e. The van der Waals surface area contributed by atoms with Crippen molar-refractivity contribution in [2.75, 3.05) is 10.3 Å². The van der Waals surface area contributed by atoms with Crippen LogP contribution in [-0.2, 0) is 15.5 Å². The minimum Gasteiger partial charge on any atom is -0.433 e. The maximum atomic E-state index is 13.9. The van der Waals surface area contributed by atoms with E-state index in [0.29, 0.717) is 0 Å². The van der Waals surface area contributed by atoms with Crippen LogP contribution in [0.4, 0.5) is 29.1 Å². The van der Waals surface area contributed by atoms with Crippen molar-refractivity contribution in [1.82, 2.24) is 4.98 Å². The number of alkyl halides is 4. The van der Waals surface area contributed by atoms with Crippen LogP contribution in [0.25, 0.3) is 0 Å². The van der Waals surface area contributed by atoms with Gasteiger partial charge >= 0.3 is 6.61 Å². The van der Waals surface area contributed by atoms with Crippen LogP contribution in [0.15, 0.2) is 47.7 Å². The highest BCUT2D eigenvalue weighted by molar-refractivity contribution is 6.28. The summed E-state index contributed by atoms with van der Waals surface area (Å²) in [5.74, 6) is -6.02. The van der Waals surface area contributed by atoms with Gasteiger partial charge in [0, 0.05) is 17.7 Å². The molecule has 1 atom stereocenters. The lowest BCUT2D eigenvalue weighted by Gasteiger charge is -2.17. The first-order valence-corrected chi connectivity index (χ1v) is 9.21. The number of halogens is 4. The van der Waals surface area contributed by atoms with Crippen LogP contribution in [-0.4, -0.2) is 29.1 Å². The third-order valence-electron chi connectivity index (χ3n) is 4.55. The summed E-state index contributed by atoms with van der Waals surface area (Å²) in [7, 11) is 0. The number of hydrogen-bond donors (Lipinski definition) is 1. The number of aromatic nitrogens is 1. The lowest BCUT2D eigenvalue weighted by Crippen LogP contribution is -2.36. The molecule has 1 aliphatic rings. The number of ether oxygens (including phenoxy) is 1. The number of hydrogen-bond acceptors (Lipinski definition) is 5. The maximum absolute atomic E-state index is 13.9. The summed E-state index contributed by atoms with van der Waals surface area (Å²) in [6.07, 6.45) is 0.590. The third-order valence-corrected chi connectivity index (χ3v) is 4.55. The minimum absolute atomic E-state index is 0.00542. The number of rotatable bonds is 7. The fourth-order valence-electron chi connectivity index (χ4n) is 2.95. The molecule has 164 valence electrons. The average Bonchev–Trinajstić information content (AvgIpc) is 3.02. The summed E-state index contributed by atoms with van der Waals surface area (Å²) < 4.78 is 56.5. The van der Waals surface area contributed by atoms with Crippen molar-refractivity contribution in [1.29, 1.82) is 0 Å². The first-order chi connectivity index (χ1) is 14.6. The van der Waals surface area contributed by atoms with Gasteiger partial charge < -0.3 is 10.1 Å². The summed E-state index contributed by atoms with van der Waals surface area (Å²) in [6, 6.07) is 7.63. The molecule has 0 spiro atoms. The molecule has 7 nitrogen and oxygen atoms in total. The Morgan fingerprint density at radius 2 is 2.03 bits per heavy atom. The van der Waals surface area contributed by atoms with Crippen LogP contribution >= 0.6 is 0 Å². The largest absolute Gasteiger partial charge is 0.433 e. The van der Waals surface area contributed by atoms with Crippen LogP contribution < -0.4 is 15.1 Å². The topological polar surface area (TPSA) is 83.9 Å². The van der Waals surface area contributed by atoms with Gasteiger partial charge in [0.05, 0.1) is 11.9 Å². The van der Waals surface area contributed by atoms with E-state index in [2.05, 4.69) is 20.1 Å². The van der Waals surface area contributed by atoms with E-state index in [1.165, 1.54) is 44.2 Å². The number of nitrogens with one attached hydrogen (secondary N) is 1. The Kier molecular flexibility index (Phi) is 6.23. The van der Waals surface area contributed by atoms with Crippen LogP contribution in [0.5, 0.6) is 5.75 Å². The molecule has 1 aliphatic heterocycles. The van der Waals surface area contributed by atoms with Crippen molar-refractivity contribution in [3.63, 3.8) is 0 Å². The number of carbonyl (C=O) groups excluding carboxylic acids is 2. The highest BCUT2D eigenvalue weighted by Crippen LogP contribution is 2.33. The molecule has 2 amide bonds. The Hall–Kier alpha value is -3.50. The van der Waals surface area contributed by atoms with Crippen molar-refractivity contribution in [2.24, 2.45) is 11.0 Å². The Labute approximate surface area is 174 Å². The van der Waals surface area contributed by atoms with E-state index in [1.807, 2.05) is 0 Å². The molecule has 2 aromatic rings. The minimum atomic E-state index is -3.05. The van der Waals surface area contributed by atoms with Crippen LogP contribution in [0.3, 0.4) is 0 Å². The monoisotopic (exact) mass is 438 g/mol. The van der Waals surface area contributed by atoms with Crippen molar-refractivity contribution in [2.45, 2.75) is 32.8 Å². The van der Waals surface area contributed by atoms with E-state index in [0.717, 1.165) is 17.3 Å². The predicted octanol–water partition coefficient (Wildman–Crippen LogP) is 4.16. The fourth-order valence-corrected chi connectivity index (χ4v) is 2.95. The molecule has 0 fully saturated rings. The Bertz CT molecular complexity index is 1010. The summed E-state index contributed by atoms with van der Waals surface area (Å²) >= 11 is 0. The number of carbonyl (C=O) groups is 2. The molecule has 0 saturated heterocycles. The van der Waals surface area contributed by atoms with Crippen molar-refractivity contribution in [3.05, 3.63) is 48.2 Å². The van der Waals surface area contributed by atoms with Gasteiger partial charge in [-0.1, -0.05) is 19.1 Å². The third kappa shape index (κ3) is 4.81. The van der Waals surface area contributed by atoms with E-state index < -0.39 is 36.7 Å². The molecule has 0 saturated carbocycles. The van der Waals surface area contributed by atoms with Gasteiger partial charge in [-0.15, -0.1) is 0 Å². The van der Waals surface area contributed by atoms with E-state index >= 15 is 0 Å². The molecular formula is C20H18F4N4O3. The summed E-state index contributed by atoms with van der Waals surface area (Å²) in [5, 5.41) is 7.34. The lowest BCUT2D eigenvalue weighted by atomic mass is 10.0. The molecule has 1 N–H and O–H groups in total. The number of amides is 2. The number of pyridine rings is 1. The highest BCUT2D eigenvalue weighted by atomic mass is 19.3. The number of hydrazone groups is 1. The zero-order valence-corrected chi connectivity index (χ0v) is 16.5. The van der Waals surface area contributed by atoms with Gasteiger partial charge in [-0.2, -0.15) is 18.9 Å². The number of anilines is 2. The van der Waals surface area contributed by atoms with Crippen LogP contribution in [0.2, 0.25) is 0 Å². The molecule has 0 aliphatic carbocycles. The molecule has 1 aromatic heterocycles. The molecular weight excluding hydrogens is 420 g/mol. The van der Waals surface area contributed by atoms with E-state index in [9.17, 15) is 27.2 Å². The van der Waals surface area contributed by atoms with Gasteiger partial charge in [-0.05, 0) is 31.2 Å². The highest BCUT2D eigenvalue weighted by Gasteiger charge is 2.40. The molecule has 11 heteroatoms. The SMILES string of the molecule is CCC(F)(F)c1cccc(NC(=O)C2C(=O)N(c3ccc(OC(F)F)cn3)N=C2C)c1. The Balaban J connectivity index is 1.74. The predicted molar refractivity (Wildman–Crippen MR) is 104 cm³/mol. The zero-order chi connectivity index (χ0) is 22.8. The summed E-state index contributed by atoms with van der Waals surface area (Å²) in [4.78, 5) is 29.2. The van der Waals surface area contributed by atoms with Gasteiger partial charge in [0.25, 0.3) is 11.8 Å². The molecule has 0 radical (unpaired) electrons. The molecule has 3 rings (SSSR count). The van der Waals surface area contributed by atoms with Gasteiger partial charge in [-0.3, -0.25) is 9.59 Å². The molecule has 1 aromatic carbocycles. The number of nitrogens with zero attached hydrogens (tertiary/aromatic N) is 3. The van der Waals surface area contributed by atoms with E-state index in [4.69, 9.17) is 0 Å². The standard InChI is InChI=1S/C20H18F4N4O3/c1-3-20(23,24)12-5-4-6-13(9-12)26-17(29)16-11(2)27-28(18(16)30)15-8-7-14(10-25-15)31-19(21)22/h4-10,16,19H,3H2,1-2H3,(H,26,29). The second-order valence-corrected chi connectivity index (χ2v) is 6.68. The van der Waals surface area contributed by atoms with Gasteiger partial charge in [0.15, 0.2) is 11.7 Å². The summed E-state index contributed by atoms with van der Waals surface area (Å²) in [6.45, 7) is -0.222. The van der Waals surface area contributed by atoms with Crippen molar-refractivity contribution in [3.8, 4) is 5.75 Å². The maximum Gasteiger partial charge on any atom is 0.387 e. The molecule has 1 unspecified atom stereocenters. The Morgan fingerprint density at radius 1 is 1.29 bits per heavy atom. The van der Waals surface area contributed by atoms with E-state index in [-0.39, 0.29) is 28.5 Å². The quantitative estimate of drug-likeness (QED) is 0.520. The van der Waals surface area contributed by atoms with Crippen molar-refractivity contribution < 1.29 is 31.9 Å². The molecule has 2 heterocycles. The first kappa shape index (κ1) is 22.2. The second kappa shape index (κ2) is 8.70.